The highest BCUT2D eigenvalue weighted by atomic mass is 35.5. The molecule has 0 amide bonds. The Kier molecular flexibility index (Phi) is 2.91. The molecule has 19 heavy (non-hydrogen) atoms. The number of carbonyl (C=O) groups is 1. The van der Waals surface area contributed by atoms with Crippen molar-refractivity contribution < 1.29 is 14.6 Å². The van der Waals surface area contributed by atoms with Gasteiger partial charge in [-0.15, -0.1) is 0 Å². The van der Waals surface area contributed by atoms with Crippen molar-refractivity contribution in [2.24, 2.45) is 0 Å². The molecule has 1 N–H and O–H groups in total. The molecule has 0 radical (unpaired) electrons. The zero-order valence-corrected chi connectivity index (χ0v) is 10.7. The number of fused-ring (bicyclic) bond motifs is 1. The molecule has 0 aliphatic carbocycles. The van der Waals surface area contributed by atoms with Gasteiger partial charge in [-0.3, -0.25) is 4.79 Å². The Morgan fingerprint density at radius 3 is 2.63 bits per heavy atom. The molecule has 0 fully saturated rings. The van der Waals surface area contributed by atoms with Gasteiger partial charge in [0.2, 0.25) is 0 Å². The highest BCUT2D eigenvalue weighted by Gasteiger charge is 2.29. The molecule has 2 aromatic rings. The number of aromatic hydroxyl groups is 1. The first-order chi connectivity index (χ1) is 9.13. The molecular formula is C15H11ClO3. The van der Waals surface area contributed by atoms with Crippen LogP contribution in [-0.2, 0) is 11.2 Å². The largest absolute Gasteiger partial charge is 0.508 e. The van der Waals surface area contributed by atoms with Crippen molar-refractivity contribution in [3.05, 3.63) is 58.6 Å². The van der Waals surface area contributed by atoms with E-state index in [2.05, 4.69) is 0 Å². The number of benzene rings is 2. The molecule has 1 atom stereocenters. The number of halogens is 1. The molecule has 0 spiro atoms. The van der Waals surface area contributed by atoms with E-state index in [1.54, 1.807) is 42.5 Å². The number of phenols is 1. The Balaban J connectivity index is 1.95. The van der Waals surface area contributed by atoms with E-state index in [1.165, 1.54) is 0 Å². The first kappa shape index (κ1) is 12.1. The summed E-state index contributed by atoms with van der Waals surface area (Å²) in [6, 6.07) is 11.8. The van der Waals surface area contributed by atoms with Crippen LogP contribution in [0.1, 0.15) is 17.2 Å². The maximum atomic E-state index is 12.1. The average Bonchev–Trinajstić information content (AvgIpc) is 2.39. The number of hydrogen-bond donors (Lipinski definition) is 1. The van der Waals surface area contributed by atoms with Gasteiger partial charge < -0.3 is 9.84 Å². The van der Waals surface area contributed by atoms with Crippen molar-refractivity contribution in [3.63, 3.8) is 0 Å². The van der Waals surface area contributed by atoms with Crippen LogP contribution in [0.4, 0.5) is 0 Å². The summed E-state index contributed by atoms with van der Waals surface area (Å²) in [5.41, 5.74) is 1.50. The van der Waals surface area contributed by atoms with Crippen LogP contribution in [0, 0.1) is 0 Å². The lowest BCUT2D eigenvalue weighted by atomic mass is 9.96. The van der Waals surface area contributed by atoms with E-state index in [9.17, 15) is 9.90 Å². The highest BCUT2D eigenvalue weighted by molar-refractivity contribution is 6.30. The molecule has 96 valence electrons. The smallest absolute Gasteiger partial charge is 0.182 e. The van der Waals surface area contributed by atoms with Gasteiger partial charge in [0.1, 0.15) is 11.5 Å². The summed E-state index contributed by atoms with van der Waals surface area (Å²) >= 11 is 5.83. The summed E-state index contributed by atoms with van der Waals surface area (Å²) in [4.78, 5) is 12.1. The molecule has 0 saturated carbocycles. The van der Waals surface area contributed by atoms with Crippen molar-refractivity contribution in [2.75, 3.05) is 0 Å². The van der Waals surface area contributed by atoms with E-state index in [1.807, 2.05) is 0 Å². The van der Waals surface area contributed by atoms with Gasteiger partial charge >= 0.3 is 0 Å². The van der Waals surface area contributed by atoms with Crippen molar-refractivity contribution in [3.8, 4) is 11.5 Å². The molecule has 4 heteroatoms. The number of ether oxygens (including phenoxy) is 1. The van der Waals surface area contributed by atoms with E-state index < -0.39 is 6.10 Å². The predicted molar refractivity (Wildman–Crippen MR) is 71.6 cm³/mol. The van der Waals surface area contributed by atoms with Crippen LogP contribution in [0.3, 0.4) is 0 Å². The fourth-order valence-corrected chi connectivity index (χ4v) is 2.31. The third-order valence-corrected chi connectivity index (χ3v) is 3.37. The first-order valence-corrected chi connectivity index (χ1v) is 6.28. The topological polar surface area (TPSA) is 46.5 Å². The van der Waals surface area contributed by atoms with E-state index in [4.69, 9.17) is 16.3 Å². The number of carbonyl (C=O) groups excluding carboxylic acids is 1. The SMILES string of the molecule is O=C1Cc2cc(O)ccc2OC1c1ccc(Cl)cc1. The van der Waals surface area contributed by atoms with Crippen LogP contribution in [0.25, 0.3) is 0 Å². The summed E-state index contributed by atoms with van der Waals surface area (Å²) in [6.07, 6.45) is -0.342. The van der Waals surface area contributed by atoms with Crippen molar-refractivity contribution in [1.82, 2.24) is 0 Å². The predicted octanol–water partition coefficient (Wildman–Crippen LogP) is 3.29. The summed E-state index contributed by atoms with van der Waals surface area (Å²) in [7, 11) is 0. The van der Waals surface area contributed by atoms with E-state index in [0.717, 1.165) is 11.1 Å². The lowest BCUT2D eigenvalue weighted by Gasteiger charge is -2.25. The third kappa shape index (κ3) is 2.29. The molecule has 1 aliphatic rings. The summed E-state index contributed by atoms with van der Waals surface area (Å²) < 4.78 is 5.72. The normalized spacial score (nSPS) is 17.7. The monoisotopic (exact) mass is 274 g/mol. The number of rotatable bonds is 1. The van der Waals surface area contributed by atoms with Crippen LogP contribution >= 0.6 is 11.6 Å². The molecule has 3 rings (SSSR count). The van der Waals surface area contributed by atoms with Gasteiger partial charge in [-0.2, -0.15) is 0 Å². The van der Waals surface area contributed by atoms with Gasteiger partial charge in [0, 0.05) is 17.0 Å². The number of hydrogen-bond acceptors (Lipinski definition) is 3. The van der Waals surface area contributed by atoms with Crippen LogP contribution in [-0.4, -0.2) is 10.9 Å². The minimum absolute atomic E-state index is 0.0274. The van der Waals surface area contributed by atoms with Crippen LogP contribution in [0.5, 0.6) is 11.5 Å². The average molecular weight is 275 g/mol. The molecule has 1 heterocycles. The second-order valence-corrected chi connectivity index (χ2v) is 4.92. The lowest BCUT2D eigenvalue weighted by molar-refractivity contribution is -0.126. The molecule has 0 saturated heterocycles. The van der Waals surface area contributed by atoms with E-state index in [-0.39, 0.29) is 18.0 Å². The zero-order valence-electron chi connectivity index (χ0n) is 9.97. The Bertz CT molecular complexity index is 634. The second kappa shape index (κ2) is 4.59. The molecule has 0 bridgehead atoms. The summed E-state index contributed by atoms with van der Waals surface area (Å²) in [6.45, 7) is 0. The van der Waals surface area contributed by atoms with Gasteiger partial charge in [0.05, 0.1) is 0 Å². The minimum Gasteiger partial charge on any atom is -0.508 e. The maximum absolute atomic E-state index is 12.1. The Morgan fingerprint density at radius 1 is 1.16 bits per heavy atom. The van der Waals surface area contributed by atoms with E-state index in [0.29, 0.717) is 10.8 Å². The molecule has 2 aromatic carbocycles. The highest BCUT2D eigenvalue weighted by Crippen LogP contribution is 2.34. The molecule has 1 aliphatic heterocycles. The van der Waals surface area contributed by atoms with Crippen molar-refractivity contribution in [2.45, 2.75) is 12.5 Å². The lowest BCUT2D eigenvalue weighted by Crippen LogP contribution is -2.25. The number of phenolic OH excluding ortho intramolecular Hbond substituents is 1. The van der Waals surface area contributed by atoms with Crippen LogP contribution in [0.15, 0.2) is 42.5 Å². The molecule has 0 aromatic heterocycles. The van der Waals surface area contributed by atoms with E-state index >= 15 is 0 Å². The van der Waals surface area contributed by atoms with Gasteiger partial charge in [-0.25, -0.2) is 0 Å². The standard InChI is InChI=1S/C15H11ClO3/c16-11-3-1-9(2-4-11)15-13(18)8-10-7-12(17)5-6-14(10)19-15/h1-7,15,17H,8H2. The van der Waals surface area contributed by atoms with Crippen molar-refractivity contribution in [1.29, 1.82) is 0 Å². The summed E-state index contributed by atoms with van der Waals surface area (Å²) in [5, 5.41) is 10.0. The number of Topliss-reactive ketones (excluding diaryl/α,β-unsaturated/α-hetero) is 1. The van der Waals surface area contributed by atoms with Gasteiger partial charge in [-0.1, -0.05) is 23.7 Å². The van der Waals surface area contributed by atoms with Crippen molar-refractivity contribution >= 4 is 17.4 Å². The molecular weight excluding hydrogens is 264 g/mol. The second-order valence-electron chi connectivity index (χ2n) is 4.48. The Labute approximate surface area is 115 Å². The maximum Gasteiger partial charge on any atom is 0.182 e. The quantitative estimate of drug-likeness (QED) is 0.868. The zero-order chi connectivity index (χ0) is 13.4. The number of ketones is 1. The van der Waals surface area contributed by atoms with Gasteiger partial charge in [0.25, 0.3) is 0 Å². The fraction of sp³-hybridized carbons (Fsp3) is 0.133. The Hall–Kier alpha value is -2.00. The third-order valence-electron chi connectivity index (χ3n) is 3.12. The van der Waals surface area contributed by atoms with Gasteiger partial charge in [-0.05, 0) is 35.9 Å². The van der Waals surface area contributed by atoms with Gasteiger partial charge in [0.15, 0.2) is 11.9 Å². The van der Waals surface area contributed by atoms with Crippen LogP contribution in [0.2, 0.25) is 5.02 Å². The first-order valence-electron chi connectivity index (χ1n) is 5.90. The minimum atomic E-state index is -0.602. The summed E-state index contributed by atoms with van der Waals surface area (Å²) in [5.74, 6) is 0.748. The van der Waals surface area contributed by atoms with Crippen LogP contribution < -0.4 is 4.74 Å². The Morgan fingerprint density at radius 2 is 1.89 bits per heavy atom. The molecule has 1 unspecified atom stereocenters. The fourth-order valence-electron chi connectivity index (χ4n) is 2.18. The molecule has 3 nitrogen and oxygen atoms in total.